The van der Waals surface area contributed by atoms with Crippen LogP contribution in [-0.2, 0) is 12.8 Å². The summed E-state index contributed by atoms with van der Waals surface area (Å²) >= 11 is 0. The Morgan fingerprint density at radius 1 is 1.05 bits per heavy atom. The molecular formula is C15H18N4. The zero-order valence-electron chi connectivity index (χ0n) is 11.0. The van der Waals surface area contributed by atoms with E-state index >= 15 is 0 Å². The highest BCUT2D eigenvalue weighted by Crippen LogP contribution is 2.31. The van der Waals surface area contributed by atoms with E-state index in [2.05, 4.69) is 44.3 Å². The number of piperidine rings is 1. The first kappa shape index (κ1) is 11.2. The van der Waals surface area contributed by atoms with Crippen LogP contribution in [0.5, 0.6) is 0 Å². The third kappa shape index (κ3) is 1.78. The lowest BCUT2D eigenvalue weighted by Crippen LogP contribution is -2.28. The molecule has 0 saturated carbocycles. The second-order valence-electron chi connectivity index (χ2n) is 5.46. The van der Waals surface area contributed by atoms with E-state index in [0.717, 1.165) is 31.8 Å². The van der Waals surface area contributed by atoms with Gasteiger partial charge in [0.05, 0.1) is 5.69 Å². The summed E-state index contributed by atoms with van der Waals surface area (Å²) in [6.45, 7) is 2.18. The maximum atomic E-state index is 4.51. The Labute approximate surface area is 112 Å². The average molecular weight is 254 g/mol. The molecule has 1 aromatic heterocycles. The van der Waals surface area contributed by atoms with Crippen LogP contribution in [-0.4, -0.2) is 27.9 Å². The summed E-state index contributed by atoms with van der Waals surface area (Å²) in [6.07, 6.45) is 4.43. The van der Waals surface area contributed by atoms with Crippen molar-refractivity contribution < 1.29 is 0 Å². The highest BCUT2D eigenvalue weighted by atomic mass is 15.3. The Hall–Kier alpha value is -1.68. The van der Waals surface area contributed by atoms with Gasteiger partial charge in [-0.3, -0.25) is 4.57 Å². The predicted octanol–water partition coefficient (Wildman–Crippen LogP) is 1.83. The van der Waals surface area contributed by atoms with Gasteiger partial charge in [0.15, 0.2) is 0 Å². The SMILES string of the molecule is c1ccc2c(c1)CCc1nnc(C3CCNCC3)n1-2. The van der Waals surface area contributed by atoms with Crippen molar-refractivity contribution in [2.75, 3.05) is 13.1 Å². The largest absolute Gasteiger partial charge is 0.317 e. The predicted molar refractivity (Wildman–Crippen MR) is 73.6 cm³/mol. The molecule has 1 fully saturated rings. The molecular weight excluding hydrogens is 236 g/mol. The molecule has 0 unspecified atom stereocenters. The van der Waals surface area contributed by atoms with Gasteiger partial charge in [-0.25, -0.2) is 0 Å². The number of fused-ring (bicyclic) bond motifs is 3. The second-order valence-corrected chi connectivity index (χ2v) is 5.46. The van der Waals surface area contributed by atoms with Crippen molar-refractivity contribution in [3.63, 3.8) is 0 Å². The van der Waals surface area contributed by atoms with Crippen molar-refractivity contribution in [1.29, 1.82) is 0 Å². The minimum Gasteiger partial charge on any atom is -0.317 e. The normalized spacial score (nSPS) is 18.9. The van der Waals surface area contributed by atoms with E-state index in [1.165, 1.54) is 29.9 Å². The number of hydrogen-bond acceptors (Lipinski definition) is 3. The number of rotatable bonds is 1. The van der Waals surface area contributed by atoms with E-state index in [9.17, 15) is 0 Å². The smallest absolute Gasteiger partial charge is 0.140 e. The van der Waals surface area contributed by atoms with E-state index in [1.807, 2.05) is 0 Å². The van der Waals surface area contributed by atoms with Gasteiger partial charge < -0.3 is 5.32 Å². The number of hydrogen-bond donors (Lipinski definition) is 1. The molecule has 0 aliphatic carbocycles. The zero-order chi connectivity index (χ0) is 12.7. The first-order valence-corrected chi connectivity index (χ1v) is 7.16. The molecule has 1 N–H and O–H groups in total. The minimum absolute atomic E-state index is 0.550. The lowest BCUT2D eigenvalue weighted by Gasteiger charge is -2.25. The maximum Gasteiger partial charge on any atom is 0.140 e. The van der Waals surface area contributed by atoms with Crippen LogP contribution < -0.4 is 5.32 Å². The van der Waals surface area contributed by atoms with Crippen LogP contribution in [0.3, 0.4) is 0 Å². The zero-order valence-corrected chi connectivity index (χ0v) is 11.0. The van der Waals surface area contributed by atoms with E-state index in [4.69, 9.17) is 0 Å². The summed E-state index contributed by atoms with van der Waals surface area (Å²) in [5, 5.41) is 12.3. The van der Waals surface area contributed by atoms with Crippen LogP contribution in [0.1, 0.15) is 36.0 Å². The number of benzene rings is 1. The molecule has 4 rings (SSSR count). The molecule has 98 valence electrons. The Kier molecular flexibility index (Phi) is 2.62. The van der Waals surface area contributed by atoms with Crippen molar-refractivity contribution in [3.8, 4) is 5.69 Å². The number of aryl methyl sites for hydroxylation is 2. The van der Waals surface area contributed by atoms with Crippen molar-refractivity contribution in [2.45, 2.75) is 31.6 Å². The van der Waals surface area contributed by atoms with Gasteiger partial charge >= 0.3 is 0 Å². The first-order valence-electron chi connectivity index (χ1n) is 7.16. The maximum absolute atomic E-state index is 4.51. The van der Waals surface area contributed by atoms with E-state index in [1.54, 1.807) is 0 Å². The Morgan fingerprint density at radius 3 is 2.79 bits per heavy atom. The lowest BCUT2D eigenvalue weighted by molar-refractivity contribution is 0.439. The molecule has 3 heterocycles. The fraction of sp³-hybridized carbons (Fsp3) is 0.467. The van der Waals surface area contributed by atoms with Gasteiger partial charge in [0.25, 0.3) is 0 Å². The van der Waals surface area contributed by atoms with Crippen LogP contribution in [0.15, 0.2) is 24.3 Å². The Balaban J connectivity index is 1.82. The summed E-state index contributed by atoms with van der Waals surface area (Å²) in [6, 6.07) is 8.66. The third-order valence-corrected chi connectivity index (χ3v) is 4.31. The van der Waals surface area contributed by atoms with Gasteiger partial charge in [0.2, 0.25) is 0 Å². The number of nitrogens with zero attached hydrogens (tertiary/aromatic N) is 3. The fourth-order valence-electron chi connectivity index (χ4n) is 3.29. The van der Waals surface area contributed by atoms with Gasteiger partial charge in [-0.1, -0.05) is 18.2 Å². The molecule has 0 amide bonds. The van der Waals surface area contributed by atoms with Gasteiger partial charge in [-0.15, -0.1) is 10.2 Å². The van der Waals surface area contributed by atoms with Crippen LogP contribution in [0.25, 0.3) is 5.69 Å². The highest BCUT2D eigenvalue weighted by Gasteiger charge is 2.26. The number of nitrogens with one attached hydrogen (secondary N) is 1. The lowest BCUT2D eigenvalue weighted by atomic mass is 9.96. The van der Waals surface area contributed by atoms with Gasteiger partial charge in [-0.2, -0.15) is 0 Å². The topological polar surface area (TPSA) is 42.7 Å². The van der Waals surface area contributed by atoms with Crippen molar-refractivity contribution in [1.82, 2.24) is 20.1 Å². The van der Waals surface area contributed by atoms with E-state index in [0.29, 0.717) is 5.92 Å². The standard InChI is InChI=1S/C15H18N4/c1-2-4-13-11(3-1)5-6-14-17-18-15(19(13)14)12-7-9-16-10-8-12/h1-4,12,16H,5-10H2. The molecule has 1 aromatic carbocycles. The number of aromatic nitrogens is 3. The Morgan fingerprint density at radius 2 is 1.89 bits per heavy atom. The molecule has 19 heavy (non-hydrogen) atoms. The molecule has 2 aromatic rings. The molecule has 0 bridgehead atoms. The highest BCUT2D eigenvalue weighted by molar-refractivity contribution is 5.45. The van der Waals surface area contributed by atoms with Crippen LogP contribution in [0.2, 0.25) is 0 Å². The summed E-state index contributed by atoms with van der Waals surface area (Å²) in [4.78, 5) is 0. The molecule has 0 spiro atoms. The fourth-order valence-corrected chi connectivity index (χ4v) is 3.29. The van der Waals surface area contributed by atoms with Crippen LogP contribution >= 0.6 is 0 Å². The second kappa shape index (κ2) is 4.46. The molecule has 4 nitrogen and oxygen atoms in total. The number of para-hydroxylation sites is 1. The van der Waals surface area contributed by atoms with Crippen LogP contribution in [0.4, 0.5) is 0 Å². The van der Waals surface area contributed by atoms with E-state index in [-0.39, 0.29) is 0 Å². The monoisotopic (exact) mass is 254 g/mol. The quantitative estimate of drug-likeness (QED) is 0.844. The molecule has 0 radical (unpaired) electrons. The van der Waals surface area contributed by atoms with Gasteiger partial charge in [0, 0.05) is 12.3 Å². The van der Waals surface area contributed by atoms with E-state index < -0.39 is 0 Å². The van der Waals surface area contributed by atoms with Crippen molar-refractivity contribution in [3.05, 3.63) is 41.5 Å². The molecule has 0 atom stereocenters. The summed E-state index contributed by atoms with van der Waals surface area (Å²) in [5.74, 6) is 2.85. The molecule has 4 heteroatoms. The summed E-state index contributed by atoms with van der Waals surface area (Å²) in [5.41, 5.74) is 2.72. The summed E-state index contributed by atoms with van der Waals surface area (Å²) in [7, 11) is 0. The van der Waals surface area contributed by atoms with Crippen molar-refractivity contribution in [2.24, 2.45) is 0 Å². The van der Waals surface area contributed by atoms with Crippen LogP contribution in [0, 0.1) is 0 Å². The molecule has 1 saturated heterocycles. The van der Waals surface area contributed by atoms with Gasteiger partial charge in [-0.05, 0) is 44.0 Å². The van der Waals surface area contributed by atoms with Gasteiger partial charge in [0.1, 0.15) is 11.6 Å². The average Bonchev–Trinajstić information content (AvgIpc) is 2.92. The Bertz CT molecular complexity index is 596. The van der Waals surface area contributed by atoms with Crippen molar-refractivity contribution >= 4 is 0 Å². The molecule has 2 aliphatic rings. The molecule has 2 aliphatic heterocycles. The first-order chi connectivity index (χ1) is 9.43. The third-order valence-electron chi connectivity index (χ3n) is 4.31. The summed E-state index contributed by atoms with van der Waals surface area (Å²) < 4.78 is 2.31. The minimum atomic E-state index is 0.550.